The van der Waals surface area contributed by atoms with Gasteiger partial charge in [0.2, 0.25) is 16.4 Å². The summed E-state index contributed by atoms with van der Waals surface area (Å²) in [5.74, 6) is -2.06. The fourth-order valence-electron chi connectivity index (χ4n) is 4.28. The lowest BCUT2D eigenvalue weighted by Crippen LogP contribution is -2.41. The van der Waals surface area contributed by atoms with Gasteiger partial charge in [-0.15, -0.1) is 5.10 Å². The number of rotatable bonds is 5. The first-order chi connectivity index (χ1) is 15.1. The van der Waals surface area contributed by atoms with Gasteiger partial charge in [0.15, 0.2) is 0 Å². The maximum Gasteiger partial charge on any atom is 0.438 e. The minimum Gasteiger partial charge on any atom is -0.495 e. The number of hydrogen-bond donors (Lipinski definition) is 0. The Labute approximate surface area is 189 Å². The van der Waals surface area contributed by atoms with Crippen molar-refractivity contribution in [2.45, 2.75) is 44.3 Å². The first-order valence-electron chi connectivity index (χ1n) is 9.74. The van der Waals surface area contributed by atoms with Crippen molar-refractivity contribution in [3.8, 4) is 5.75 Å². The highest BCUT2D eigenvalue weighted by atomic mass is 35.5. The van der Waals surface area contributed by atoms with Crippen LogP contribution in [0.2, 0.25) is 5.02 Å². The van der Waals surface area contributed by atoms with E-state index in [2.05, 4.69) is 5.10 Å². The topological polar surface area (TPSA) is 94.6 Å². The van der Waals surface area contributed by atoms with Crippen molar-refractivity contribution in [3.05, 3.63) is 74.3 Å². The molecule has 1 aliphatic heterocycles. The molecule has 170 valence electrons. The van der Waals surface area contributed by atoms with Crippen molar-refractivity contribution >= 4 is 21.6 Å². The maximum atomic E-state index is 15.0. The third kappa shape index (κ3) is 3.42. The number of ether oxygens (including phenoxy) is 1. The van der Waals surface area contributed by atoms with Gasteiger partial charge in [-0.25, -0.2) is 17.6 Å². The second-order valence-corrected chi connectivity index (χ2v) is 9.96. The van der Waals surface area contributed by atoms with E-state index < -0.39 is 33.7 Å². The molecule has 0 radical (unpaired) electrons. The Hall–Kier alpha value is -2.69. The predicted octanol–water partition coefficient (Wildman–Crippen LogP) is 3.76. The van der Waals surface area contributed by atoms with Crippen LogP contribution in [0.25, 0.3) is 0 Å². The normalized spacial score (nSPS) is 17.2. The fraction of sp³-hybridized carbons (Fsp3) is 0.333. The largest absolute Gasteiger partial charge is 0.495 e. The smallest absolute Gasteiger partial charge is 0.438 e. The summed E-state index contributed by atoms with van der Waals surface area (Å²) in [4.78, 5) is 12.4. The number of halogens is 2. The van der Waals surface area contributed by atoms with Crippen LogP contribution in [0, 0.1) is 19.7 Å². The van der Waals surface area contributed by atoms with Crippen LogP contribution in [-0.4, -0.2) is 29.6 Å². The molecule has 2 aromatic carbocycles. The average Bonchev–Trinajstić information content (AvgIpc) is 3.26. The fourth-order valence-corrected chi connectivity index (χ4v) is 6.46. The lowest BCUT2D eigenvalue weighted by Gasteiger charge is -2.32. The monoisotopic (exact) mass is 481 g/mol. The Morgan fingerprint density at radius 2 is 2.00 bits per heavy atom. The van der Waals surface area contributed by atoms with E-state index in [1.165, 1.54) is 25.3 Å². The Morgan fingerprint density at radius 3 is 2.62 bits per heavy atom. The Bertz CT molecular complexity index is 1370. The van der Waals surface area contributed by atoms with Gasteiger partial charge in [0, 0.05) is 23.6 Å². The van der Waals surface area contributed by atoms with Crippen molar-refractivity contribution in [1.29, 1.82) is 0 Å². The Balaban J connectivity index is 1.94. The van der Waals surface area contributed by atoms with Gasteiger partial charge in [-0.3, -0.25) is 0 Å². The van der Waals surface area contributed by atoms with E-state index in [1.807, 2.05) is 6.92 Å². The number of sulfonamides is 1. The quantitative estimate of drug-likeness (QED) is 0.550. The molecule has 1 aromatic heterocycles. The lowest BCUT2D eigenvalue weighted by molar-refractivity contribution is 0.186. The number of aromatic nitrogens is 2. The summed E-state index contributed by atoms with van der Waals surface area (Å²) < 4.78 is 54.3. The summed E-state index contributed by atoms with van der Waals surface area (Å²) in [6.07, 6.45) is -0.272. The number of hydrogen-bond acceptors (Lipinski definition) is 6. The summed E-state index contributed by atoms with van der Waals surface area (Å²) in [7, 11) is -2.81. The van der Waals surface area contributed by atoms with E-state index in [0.29, 0.717) is 21.7 Å². The number of aryl methyl sites for hydroxylation is 1. The third-order valence-electron chi connectivity index (χ3n) is 5.90. The molecule has 32 heavy (non-hydrogen) atoms. The van der Waals surface area contributed by atoms with Crippen LogP contribution in [0.4, 0.5) is 4.39 Å². The van der Waals surface area contributed by atoms with E-state index >= 15 is 0 Å². The van der Waals surface area contributed by atoms with Crippen molar-refractivity contribution < 1.29 is 22.0 Å². The van der Waals surface area contributed by atoms with Gasteiger partial charge in [0.25, 0.3) is 0 Å². The summed E-state index contributed by atoms with van der Waals surface area (Å²) in [6.45, 7) is 5.13. The van der Waals surface area contributed by atoms with Crippen LogP contribution in [0.1, 0.15) is 41.3 Å². The van der Waals surface area contributed by atoms with E-state index in [0.717, 1.165) is 20.9 Å². The molecule has 0 aliphatic carbocycles. The molecule has 0 saturated carbocycles. The first-order valence-corrected chi connectivity index (χ1v) is 11.6. The number of benzene rings is 2. The van der Waals surface area contributed by atoms with Crippen molar-refractivity contribution in [1.82, 2.24) is 14.1 Å². The Kier molecular flexibility index (Phi) is 5.64. The molecule has 4 rings (SSSR count). The molecule has 0 amide bonds. The molecule has 1 aliphatic rings. The highest BCUT2D eigenvalue weighted by molar-refractivity contribution is 7.89. The second-order valence-electron chi connectivity index (χ2n) is 7.70. The zero-order chi connectivity index (χ0) is 23.4. The lowest BCUT2D eigenvalue weighted by atomic mass is 9.90. The third-order valence-corrected chi connectivity index (χ3v) is 8.06. The van der Waals surface area contributed by atoms with E-state index in [4.69, 9.17) is 20.8 Å². The molecule has 0 bridgehead atoms. The minimum atomic E-state index is -4.15. The van der Waals surface area contributed by atoms with Gasteiger partial charge in [0.05, 0.1) is 7.11 Å². The van der Waals surface area contributed by atoms with Crippen LogP contribution in [0.15, 0.2) is 44.8 Å². The molecular weight excluding hydrogens is 461 g/mol. The summed E-state index contributed by atoms with van der Waals surface area (Å²) in [5.41, 5.74) is 2.19. The van der Waals surface area contributed by atoms with Gasteiger partial charge < -0.3 is 9.15 Å². The summed E-state index contributed by atoms with van der Waals surface area (Å²) in [5, 5.41) is 4.24. The Morgan fingerprint density at radius 1 is 1.28 bits per heavy atom. The molecule has 3 aromatic rings. The number of fused-ring (bicyclic) bond motifs is 1. The maximum absolute atomic E-state index is 15.0. The highest BCUT2D eigenvalue weighted by Gasteiger charge is 2.46. The van der Waals surface area contributed by atoms with E-state index in [9.17, 15) is 17.6 Å². The molecule has 0 unspecified atom stereocenters. The van der Waals surface area contributed by atoms with Crippen LogP contribution in [-0.2, 0) is 16.6 Å². The predicted molar refractivity (Wildman–Crippen MR) is 115 cm³/mol. The number of methoxy groups -OCH3 is 1. The molecule has 2 heterocycles. The van der Waals surface area contributed by atoms with Crippen molar-refractivity contribution in [2.24, 2.45) is 0 Å². The van der Waals surface area contributed by atoms with Crippen LogP contribution >= 0.6 is 11.6 Å². The van der Waals surface area contributed by atoms with Crippen molar-refractivity contribution in [2.75, 3.05) is 7.11 Å². The highest BCUT2D eigenvalue weighted by Crippen LogP contribution is 2.45. The number of nitrogens with zero attached hydrogens (tertiary/aromatic N) is 3. The van der Waals surface area contributed by atoms with E-state index in [-0.39, 0.29) is 17.2 Å². The first kappa shape index (κ1) is 22.5. The zero-order valence-corrected chi connectivity index (χ0v) is 19.4. The molecule has 8 nitrogen and oxygen atoms in total. The zero-order valence-electron chi connectivity index (χ0n) is 17.8. The molecular formula is C21H21ClFN3O5S. The van der Waals surface area contributed by atoms with Crippen molar-refractivity contribution in [3.63, 3.8) is 0 Å². The van der Waals surface area contributed by atoms with Crippen LogP contribution in [0.5, 0.6) is 5.75 Å². The second kappa shape index (κ2) is 8.02. The van der Waals surface area contributed by atoms with Gasteiger partial charge in [0.1, 0.15) is 22.6 Å². The van der Waals surface area contributed by atoms with Gasteiger partial charge in [-0.1, -0.05) is 24.6 Å². The molecule has 0 saturated heterocycles. The molecule has 0 N–H and O–H groups in total. The molecule has 11 heteroatoms. The minimum absolute atomic E-state index is 0.0421. The van der Waals surface area contributed by atoms with Crippen LogP contribution in [0.3, 0.4) is 0 Å². The molecule has 2 atom stereocenters. The van der Waals surface area contributed by atoms with Crippen LogP contribution < -0.4 is 10.5 Å². The van der Waals surface area contributed by atoms with Gasteiger partial charge >= 0.3 is 5.76 Å². The molecule has 0 fully saturated rings. The summed E-state index contributed by atoms with van der Waals surface area (Å²) in [6, 6.07) is 5.91. The summed E-state index contributed by atoms with van der Waals surface area (Å²) >= 11 is 6.14. The average molecular weight is 482 g/mol. The SMILES string of the molecule is COc1cc(Cl)cc2c1S(=O)(=O)N([C@@H]([C@@H](C)c1c(F)ccc(C)c1C)n1ncoc1=O)C2. The van der Waals surface area contributed by atoms with Gasteiger partial charge in [-0.05, 0) is 48.2 Å². The standard InChI is InChI=1S/C21H21ClFN3O5S/c1-11-5-6-16(23)18(12(11)2)13(3)20(26-21(27)31-10-24-26)25-9-14-7-15(22)8-17(30-4)19(14)32(25,28)29/h5-8,10,13,20H,9H2,1-4H3/t13-,20+/m0/s1. The van der Waals surface area contributed by atoms with E-state index in [1.54, 1.807) is 19.9 Å². The van der Waals surface area contributed by atoms with Gasteiger partial charge in [-0.2, -0.15) is 8.99 Å². The molecule has 0 spiro atoms.